The van der Waals surface area contributed by atoms with Crippen molar-refractivity contribution in [2.75, 3.05) is 12.3 Å². The molecule has 1 heterocycles. The molecule has 0 saturated heterocycles. The number of hydrogen-bond donors (Lipinski definition) is 1. The van der Waals surface area contributed by atoms with Gasteiger partial charge in [-0.25, -0.2) is 4.98 Å². The molecule has 3 nitrogen and oxygen atoms in total. The minimum atomic E-state index is 0.292. The largest absolute Gasteiger partial charge is 0.334 e. The van der Waals surface area contributed by atoms with Crippen molar-refractivity contribution in [1.29, 1.82) is 0 Å². The summed E-state index contributed by atoms with van der Waals surface area (Å²) in [4.78, 5) is 5.84. The van der Waals surface area contributed by atoms with E-state index in [4.69, 9.17) is 0 Å². The lowest BCUT2D eigenvalue weighted by molar-refractivity contribution is 0.539. The number of hydrogen-bond acceptors (Lipinski definition) is 3. The molecule has 2 aromatic rings. The van der Waals surface area contributed by atoms with Crippen molar-refractivity contribution in [2.24, 2.45) is 0 Å². The maximum atomic E-state index is 4.52. The van der Waals surface area contributed by atoms with Crippen LogP contribution in [0.3, 0.4) is 0 Å². The van der Waals surface area contributed by atoms with Gasteiger partial charge in [0.25, 0.3) is 0 Å². The monoisotopic (exact) mass is 289 g/mol. The van der Waals surface area contributed by atoms with E-state index in [0.717, 1.165) is 24.7 Å². The molecule has 0 bridgehead atoms. The predicted molar refractivity (Wildman–Crippen MR) is 86.2 cm³/mol. The Labute approximate surface area is 125 Å². The van der Waals surface area contributed by atoms with E-state index < -0.39 is 0 Å². The zero-order valence-corrected chi connectivity index (χ0v) is 13.3. The smallest absolute Gasteiger partial charge is 0.126 e. The molecule has 1 unspecified atom stereocenters. The Balaban J connectivity index is 2.06. The van der Waals surface area contributed by atoms with Crippen LogP contribution in [0.25, 0.3) is 0 Å². The molecule has 1 atom stereocenters. The topological polar surface area (TPSA) is 29.9 Å². The summed E-state index contributed by atoms with van der Waals surface area (Å²) in [6, 6.07) is 8.95. The maximum Gasteiger partial charge on any atom is 0.126 e. The van der Waals surface area contributed by atoms with Crippen LogP contribution in [0, 0.1) is 6.92 Å². The summed E-state index contributed by atoms with van der Waals surface area (Å²) >= 11 is 1.88. The van der Waals surface area contributed by atoms with E-state index in [0.29, 0.717) is 6.04 Å². The standard InChI is InChI=1S/C16H23N3S/c1-4-17-15(16-18-9-10-19(16)5-2)12-20-14-8-6-7-13(3)11-14/h6-11,15,17H,4-5,12H2,1-3H3. The van der Waals surface area contributed by atoms with Crippen LogP contribution in [0.4, 0.5) is 0 Å². The fraction of sp³-hybridized carbons (Fsp3) is 0.438. The van der Waals surface area contributed by atoms with Crippen LogP contribution < -0.4 is 5.32 Å². The highest BCUT2D eigenvalue weighted by atomic mass is 32.2. The van der Waals surface area contributed by atoms with Crippen molar-refractivity contribution in [3.63, 3.8) is 0 Å². The Bertz CT molecular complexity index is 536. The normalized spacial score (nSPS) is 12.6. The highest BCUT2D eigenvalue weighted by molar-refractivity contribution is 7.99. The summed E-state index contributed by atoms with van der Waals surface area (Å²) in [5.41, 5.74) is 1.31. The van der Waals surface area contributed by atoms with Crippen molar-refractivity contribution >= 4 is 11.8 Å². The fourth-order valence-electron chi connectivity index (χ4n) is 2.25. The molecule has 20 heavy (non-hydrogen) atoms. The first-order chi connectivity index (χ1) is 9.74. The Morgan fingerprint density at radius 1 is 1.35 bits per heavy atom. The van der Waals surface area contributed by atoms with Gasteiger partial charge in [-0.05, 0) is 32.5 Å². The molecule has 1 aromatic heterocycles. The Hall–Kier alpha value is -1.26. The van der Waals surface area contributed by atoms with Gasteiger partial charge in [-0.15, -0.1) is 11.8 Å². The van der Waals surface area contributed by atoms with E-state index in [1.54, 1.807) is 0 Å². The zero-order chi connectivity index (χ0) is 14.4. The van der Waals surface area contributed by atoms with E-state index in [1.807, 2.05) is 18.0 Å². The maximum absolute atomic E-state index is 4.52. The highest BCUT2D eigenvalue weighted by Gasteiger charge is 2.15. The van der Waals surface area contributed by atoms with Crippen LogP contribution in [-0.4, -0.2) is 21.8 Å². The molecule has 1 N–H and O–H groups in total. The van der Waals surface area contributed by atoms with Gasteiger partial charge < -0.3 is 9.88 Å². The molecule has 0 amide bonds. The molecule has 0 spiro atoms. The molecule has 4 heteroatoms. The molecule has 0 aliphatic carbocycles. The van der Waals surface area contributed by atoms with Crippen molar-refractivity contribution in [2.45, 2.75) is 38.3 Å². The highest BCUT2D eigenvalue weighted by Crippen LogP contribution is 2.24. The molecule has 108 valence electrons. The van der Waals surface area contributed by atoms with Gasteiger partial charge in [0.15, 0.2) is 0 Å². The number of imidazole rings is 1. The minimum Gasteiger partial charge on any atom is -0.334 e. The first kappa shape index (κ1) is 15.1. The van der Waals surface area contributed by atoms with Crippen molar-refractivity contribution in [3.05, 3.63) is 48.0 Å². The lowest BCUT2D eigenvalue weighted by Gasteiger charge is -2.18. The van der Waals surface area contributed by atoms with Gasteiger partial charge in [0.1, 0.15) is 5.82 Å². The summed E-state index contributed by atoms with van der Waals surface area (Å²) in [6.45, 7) is 8.35. The molecule has 0 aliphatic rings. The number of aromatic nitrogens is 2. The van der Waals surface area contributed by atoms with Crippen LogP contribution in [0.15, 0.2) is 41.6 Å². The predicted octanol–water partition coefficient (Wildman–Crippen LogP) is 3.65. The van der Waals surface area contributed by atoms with E-state index in [-0.39, 0.29) is 0 Å². The number of aryl methyl sites for hydroxylation is 2. The molecule has 1 aromatic carbocycles. The van der Waals surface area contributed by atoms with Gasteiger partial charge in [-0.2, -0.15) is 0 Å². The minimum absolute atomic E-state index is 0.292. The number of nitrogens with zero attached hydrogens (tertiary/aromatic N) is 2. The Morgan fingerprint density at radius 3 is 2.90 bits per heavy atom. The molecule has 0 aliphatic heterocycles. The van der Waals surface area contributed by atoms with Gasteiger partial charge in [-0.3, -0.25) is 0 Å². The van der Waals surface area contributed by atoms with Crippen LogP contribution in [0.1, 0.15) is 31.3 Å². The van der Waals surface area contributed by atoms with Crippen LogP contribution in [0.5, 0.6) is 0 Å². The fourth-order valence-corrected chi connectivity index (χ4v) is 3.32. The zero-order valence-electron chi connectivity index (χ0n) is 12.5. The molecule has 0 fully saturated rings. The third-order valence-corrected chi connectivity index (χ3v) is 4.34. The Kier molecular flexibility index (Phi) is 5.68. The van der Waals surface area contributed by atoms with Crippen LogP contribution in [-0.2, 0) is 6.54 Å². The first-order valence-electron chi connectivity index (χ1n) is 7.18. The second-order valence-corrected chi connectivity index (χ2v) is 5.90. The number of rotatable bonds is 7. The van der Waals surface area contributed by atoms with E-state index in [1.165, 1.54) is 10.5 Å². The summed E-state index contributed by atoms with van der Waals surface area (Å²) in [5, 5.41) is 3.54. The van der Waals surface area contributed by atoms with Gasteiger partial charge in [-0.1, -0.05) is 24.6 Å². The number of thioether (sulfide) groups is 1. The Morgan fingerprint density at radius 2 is 2.20 bits per heavy atom. The van der Waals surface area contributed by atoms with Gasteiger partial charge >= 0.3 is 0 Å². The van der Waals surface area contributed by atoms with E-state index in [9.17, 15) is 0 Å². The van der Waals surface area contributed by atoms with Gasteiger partial charge in [0, 0.05) is 29.6 Å². The molecule has 2 rings (SSSR count). The molecule has 0 saturated carbocycles. The van der Waals surface area contributed by atoms with Gasteiger partial charge in [0.05, 0.1) is 6.04 Å². The van der Waals surface area contributed by atoms with E-state index in [2.05, 4.69) is 66.1 Å². The SMILES string of the molecule is CCNC(CSc1cccc(C)c1)c1nccn1CC. The second kappa shape index (κ2) is 7.50. The quantitative estimate of drug-likeness (QED) is 0.789. The average Bonchev–Trinajstić information content (AvgIpc) is 2.92. The molecular weight excluding hydrogens is 266 g/mol. The molecule has 0 radical (unpaired) electrons. The second-order valence-electron chi connectivity index (χ2n) is 4.81. The summed E-state index contributed by atoms with van der Waals surface area (Å²) < 4.78 is 2.21. The molecular formula is C16H23N3S. The van der Waals surface area contributed by atoms with Crippen molar-refractivity contribution in [3.8, 4) is 0 Å². The van der Waals surface area contributed by atoms with Crippen molar-refractivity contribution in [1.82, 2.24) is 14.9 Å². The first-order valence-corrected chi connectivity index (χ1v) is 8.17. The average molecular weight is 289 g/mol. The summed E-state index contributed by atoms with van der Waals surface area (Å²) in [7, 11) is 0. The summed E-state index contributed by atoms with van der Waals surface area (Å²) in [6.07, 6.45) is 3.94. The van der Waals surface area contributed by atoms with Crippen LogP contribution >= 0.6 is 11.8 Å². The van der Waals surface area contributed by atoms with Crippen molar-refractivity contribution < 1.29 is 0 Å². The van der Waals surface area contributed by atoms with Crippen LogP contribution in [0.2, 0.25) is 0 Å². The lowest BCUT2D eigenvalue weighted by Crippen LogP contribution is -2.26. The van der Waals surface area contributed by atoms with Gasteiger partial charge in [0.2, 0.25) is 0 Å². The third kappa shape index (κ3) is 3.87. The number of benzene rings is 1. The lowest BCUT2D eigenvalue weighted by atomic mass is 10.2. The third-order valence-electron chi connectivity index (χ3n) is 3.26. The summed E-state index contributed by atoms with van der Waals surface area (Å²) in [5.74, 6) is 2.13. The van der Waals surface area contributed by atoms with E-state index >= 15 is 0 Å². The number of nitrogens with one attached hydrogen (secondary N) is 1.